The van der Waals surface area contributed by atoms with Gasteiger partial charge in [-0.1, -0.05) is 30.3 Å². The summed E-state index contributed by atoms with van der Waals surface area (Å²) in [6.07, 6.45) is 0.883. The molecular weight excluding hydrogens is 298 g/mol. The van der Waals surface area contributed by atoms with Crippen LogP contribution in [0.4, 0.5) is 5.69 Å². The topological polar surface area (TPSA) is 30.5 Å². The average molecular weight is 317 g/mol. The number of ether oxygens (including phenoxy) is 2. The molecule has 3 aromatic carbocycles. The lowest BCUT2D eigenvalue weighted by Gasteiger charge is -2.10. The van der Waals surface area contributed by atoms with Crippen molar-refractivity contribution < 1.29 is 9.47 Å². The van der Waals surface area contributed by atoms with E-state index in [1.165, 1.54) is 16.7 Å². The van der Waals surface area contributed by atoms with E-state index < -0.39 is 0 Å². The fourth-order valence-corrected chi connectivity index (χ4v) is 3.02. The molecular formula is C21H19NO2. The molecule has 0 aliphatic carbocycles. The van der Waals surface area contributed by atoms with Crippen LogP contribution in [0.3, 0.4) is 0 Å². The smallest absolute Gasteiger partial charge is 0.127 e. The number of nitrogens with one attached hydrogen (secondary N) is 1. The molecule has 120 valence electrons. The first-order chi connectivity index (χ1) is 11.8. The molecule has 3 aromatic rings. The first-order valence-corrected chi connectivity index (χ1v) is 8.07. The number of hydrogen-bond donors (Lipinski definition) is 1. The molecule has 1 aliphatic rings. The Morgan fingerprint density at radius 3 is 2.38 bits per heavy atom. The summed E-state index contributed by atoms with van der Waals surface area (Å²) in [5, 5.41) is 3.50. The highest BCUT2D eigenvalue weighted by atomic mass is 16.5. The van der Waals surface area contributed by atoms with Gasteiger partial charge in [-0.2, -0.15) is 0 Å². The molecule has 3 heteroatoms. The van der Waals surface area contributed by atoms with Crippen LogP contribution in [-0.2, 0) is 13.0 Å². The van der Waals surface area contributed by atoms with Gasteiger partial charge in [0.05, 0.1) is 7.11 Å². The molecule has 1 heterocycles. The molecule has 0 aromatic heterocycles. The Kier molecular flexibility index (Phi) is 3.83. The Morgan fingerprint density at radius 2 is 1.54 bits per heavy atom. The lowest BCUT2D eigenvalue weighted by atomic mass is 10.0. The highest BCUT2D eigenvalue weighted by Crippen LogP contribution is 2.32. The SMILES string of the molecule is COc1ccc2c(c1)NCc1ccc(Oc3ccccc3)cc1C2. The molecule has 0 saturated heterocycles. The first-order valence-electron chi connectivity index (χ1n) is 8.07. The zero-order chi connectivity index (χ0) is 16.4. The number of methoxy groups -OCH3 is 1. The third-order valence-electron chi connectivity index (χ3n) is 4.32. The van der Waals surface area contributed by atoms with E-state index in [4.69, 9.17) is 9.47 Å². The molecule has 0 radical (unpaired) electrons. The van der Waals surface area contributed by atoms with Gasteiger partial charge in [0.2, 0.25) is 0 Å². The molecule has 0 bridgehead atoms. The van der Waals surface area contributed by atoms with E-state index in [2.05, 4.69) is 29.6 Å². The molecule has 1 N–H and O–H groups in total. The van der Waals surface area contributed by atoms with E-state index in [1.54, 1.807) is 7.11 Å². The largest absolute Gasteiger partial charge is 0.497 e. The third-order valence-corrected chi connectivity index (χ3v) is 4.32. The standard InChI is InChI=1S/C21H19NO2/c1-23-19-9-7-15-11-17-12-20(24-18-5-3-2-4-6-18)10-8-16(17)14-22-21(15)13-19/h2-10,12-13,22H,11,14H2,1H3. The second kappa shape index (κ2) is 6.28. The summed E-state index contributed by atoms with van der Waals surface area (Å²) in [5.74, 6) is 2.60. The Bertz CT molecular complexity index is 859. The van der Waals surface area contributed by atoms with Crippen LogP contribution in [0.15, 0.2) is 66.7 Å². The van der Waals surface area contributed by atoms with Crippen LogP contribution in [0.5, 0.6) is 17.2 Å². The number of anilines is 1. The van der Waals surface area contributed by atoms with Gasteiger partial charge in [-0.05, 0) is 53.4 Å². The van der Waals surface area contributed by atoms with E-state index in [9.17, 15) is 0 Å². The molecule has 0 saturated carbocycles. The molecule has 0 unspecified atom stereocenters. The van der Waals surface area contributed by atoms with Gasteiger partial charge >= 0.3 is 0 Å². The van der Waals surface area contributed by atoms with Gasteiger partial charge in [0.25, 0.3) is 0 Å². The Hall–Kier alpha value is -2.94. The molecule has 24 heavy (non-hydrogen) atoms. The summed E-state index contributed by atoms with van der Waals surface area (Å²) >= 11 is 0. The minimum Gasteiger partial charge on any atom is -0.497 e. The number of para-hydroxylation sites is 1. The van der Waals surface area contributed by atoms with Crippen molar-refractivity contribution in [2.75, 3.05) is 12.4 Å². The van der Waals surface area contributed by atoms with Crippen molar-refractivity contribution in [2.24, 2.45) is 0 Å². The molecule has 0 amide bonds. The molecule has 4 rings (SSSR count). The molecule has 1 aliphatic heterocycles. The Labute approximate surface area is 141 Å². The molecule has 3 nitrogen and oxygen atoms in total. The zero-order valence-corrected chi connectivity index (χ0v) is 13.6. The minimum absolute atomic E-state index is 0.807. The van der Waals surface area contributed by atoms with Gasteiger partial charge in [-0.25, -0.2) is 0 Å². The second-order valence-electron chi connectivity index (χ2n) is 5.90. The van der Waals surface area contributed by atoms with E-state index in [-0.39, 0.29) is 0 Å². The number of benzene rings is 3. The van der Waals surface area contributed by atoms with Gasteiger partial charge in [0.1, 0.15) is 17.2 Å². The maximum absolute atomic E-state index is 5.97. The van der Waals surface area contributed by atoms with Crippen LogP contribution in [-0.4, -0.2) is 7.11 Å². The van der Waals surface area contributed by atoms with Crippen molar-refractivity contribution in [1.82, 2.24) is 0 Å². The maximum atomic E-state index is 5.97. The molecule has 0 atom stereocenters. The molecule has 0 spiro atoms. The normalized spacial score (nSPS) is 12.4. The van der Waals surface area contributed by atoms with Crippen LogP contribution >= 0.6 is 0 Å². The van der Waals surface area contributed by atoms with Gasteiger partial charge < -0.3 is 14.8 Å². The monoisotopic (exact) mass is 317 g/mol. The summed E-state index contributed by atoms with van der Waals surface area (Å²) in [6, 6.07) is 22.4. The summed E-state index contributed by atoms with van der Waals surface area (Å²) in [5.41, 5.74) is 4.99. The van der Waals surface area contributed by atoms with Gasteiger partial charge in [-0.3, -0.25) is 0 Å². The van der Waals surface area contributed by atoms with Crippen LogP contribution in [0.2, 0.25) is 0 Å². The van der Waals surface area contributed by atoms with Gasteiger partial charge in [0.15, 0.2) is 0 Å². The van der Waals surface area contributed by atoms with Crippen molar-refractivity contribution in [3.63, 3.8) is 0 Å². The number of fused-ring (bicyclic) bond motifs is 2. The number of hydrogen-bond acceptors (Lipinski definition) is 3. The first kappa shape index (κ1) is 14.6. The van der Waals surface area contributed by atoms with E-state index in [1.807, 2.05) is 42.5 Å². The van der Waals surface area contributed by atoms with Crippen molar-refractivity contribution in [3.8, 4) is 17.2 Å². The van der Waals surface area contributed by atoms with Gasteiger partial charge in [-0.15, -0.1) is 0 Å². The van der Waals surface area contributed by atoms with Crippen LogP contribution in [0.1, 0.15) is 16.7 Å². The maximum Gasteiger partial charge on any atom is 0.127 e. The van der Waals surface area contributed by atoms with E-state index in [0.717, 1.165) is 35.9 Å². The summed E-state index contributed by atoms with van der Waals surface area (Å²) in [6.45, 7) is 0.807. The third kappa shape index (κ3) is 2.93. The summed E-state index contributed by atoms with van der Waals surface area (Å²) < 4.78 is 11.3. The summed E-state index contributed by atoms with van der Waals surface area (Å²) in [4.78, 5) is 0. The number of rotatable bonds is 3. The van der Waals surface area contributed by atoms with Crippen LogP contribution in [0, 0.1) is 0 Å². The second-order valence-corrected chi connectivity index (χ2v) is 5.90. The van der Waals surface area contributed by atoms with Crippen LogP contribution in [0.25, 0.3) is 0 Å². The van der Waals surface area contributed by atoms with Crippen LogP contribution < -0.4 is 14.8 Å². The predicted octanol–water partition coefficient (Wildman–Crippen LogP) is 5.00. The Balaban J connectivity index is 1.64. The summed E-state index contributed by atoms with van der Waals surface area (Å²) in [7, 11) is 1.69. The van der Waals surface area contributed by atoms with Crippen molar-refractivity contribution in [1.29, 1.82) is 0 Å². The minimum atomic E-state index is 0.807. The molecule has 0 fully saturated rings. The lowest BCUT2D eigenvalue weighted by molar-refractivity contribution is 0.415. The fourth-order valence-electron chi connectivity index (χ4n) is 3.02. The zero-order valence-electron chi connectivity index (χ0n) is 13.6. The highest BCUT2D eigenvalue weighted by molar-refractivity contribution is 5.59. The quantitative estimate of drug-likeness (QED) is 0.737. The fraction of sp³-hybridized carbons (Fsp3) is 0.143. The highest BCUT2D eigenvalue weighted by Gasteiger charge is 2.14. The van der Waals surface area contributed by atoms with E-state index >= 15 is 0 Å². The van der Waals surface area contributed by atoms with E-state index in [0.29, 0.717) is 0 Å². The van der Waals surface area contributed by atoms with Crippen molar-refractivity contribution >= 4 is 5.69 Å². The lowest BCUT2D eigenvalue weighted by Crippen LogP contribution is -1.99. The predicted molar refractivity (Wildman–Crippen MR) is 96.1 cm³/mol. The van der Waals surface area contributed by atoms with Crippen molar-refractivity contribution in [3.05, 3.63) is 83.4 Å². The average Bonchev–Trinajstić information content (AvgIpc) is 2.80. The van der Waals surface area contributed by atoms with Crippen molar-refractivity contribution in [2.45, 2.75) is 13.0 Å². The Morgan fingerprint density at radius 1 is 0.750 bits per heavy atom. The van der Waals surface area contributed by atoms with Gasteiger partial charge in [0, 0.05) is 18.3 Å².